The zero-order valence-electron chi connectivity index (χ0n) is 10.0. The van der Waals surface area contributed by atoms with Crippen molar-refractivity contribution in [1.29, 1.82) is 0 Å². The first kappa shape index (κ1) is 13.8. The van der Waals surface area contributed by atoms with Crippen LogP contribution in [-0.4, -0.2) is 27.9 Å². The van der Waals surface area contributed by atoms with Crippen LogP contribution in [0.1, 0.15) is 26.7 Å². The van der Waals surface area contributed by atoms with Crippen molar-refractivity contribution in [2.75, 3.05) is 6.61 Å². The zero-order valence-corrected chi connectivity index (χ0v) is 10.9. The maximum absolute atomic E-state index is 11.0. The van der Waals surface area contributed by atoms with Crippen molar-refractivity contribution in [3.05, 3.63) is 18.3 Å². The van der Waals surface area contributed by atoms with E-state index >= 15 is 0 Å². The minimum atomic E-state index is -0.815. The van der Waals surface area contributed by atoms with E-state index in [1.165, 1.54) is 11.8 Å². The Morgan fingerprint density at radius 2 is 2.35 bits per heavy atom. The first-order chi connectivity index (χ1) is 8.19. The molecule has 0 spiro atoms. The predicted octanol–water partition coefficient (Wildman–Crippen LogP) is 2.83. The molecule has 1 N–H and O–H groups in total. The molecular formula is C12H17NO3S. The summed E-state index contributed by atoms with van der Waals surface area (Å²) in [5, 5.41) is 9.18. The summed E-state index contributed by atoms with van der Waals surface area (Å²) < 4.78 is 5.54. The first-order valence-corrected chi connectivity index (χ1v) is 6.54. The van der Waals surface area contributed by atoms with Gasteiger partial charge in [0.25, 0.3) is 0 Å². The second kappa shape index (κ2) is 7.17. The summed E-state index contributed by atoms with van der Waals surface area (Å²) in [6.07, 6.45) is 3.12. The van der Waals surface area contributed by atoms with Gasteiger partial charge in [0.05, 0.1) is 6.61 Å². The smallest absolute Gasteiger partial charge is 0.317 e. The normalized spacial score (nSPS) is 12.1. The molecule has 0 radical (unpaired) electrons. The average Bonchev–Trinajstić information content (AvgIpc) is 2.34. The Hall–Kier alpha value is -1.23. The summed E-state index contributed by atoms with van der Waals surface area (Å²) in [6, 6.07) is 3.61. The number of aliphatic carboxylic acids is 1. The summed E-state index contributed by atoms with van der Waals surface area (Å²) in [5.74, 6) is -0.149. The molecule has 0 aliphatic rings. The minimum absolute atomic E-state index is 0.478. The summed E-state index contributed by atoms with van der Waals surface area (Å²) in [4.78, 5) is 15.1. The molecule has 94 valence electrons. The van der Waals surface area contributed by atoms with Crippen LogP contribution in [0.25, 0.3) is 0 Å². The van der Waals surface area contributed by atoms with E-state index in [-0.39, 0.29) is 0 Å². The number of carbonyl (C=O) groups is 1. The fraction of sp³-hybridized carbons (Fsp3) is 0.500. The Balaban J connectivity index is 2.78. The van der Waals surface area contributed by atoms with Crippen LogP contribution in [-0.2, 0) is 4.79 Å². The third kappa shape index (κ3) is 4.26. The van der Waals surface area contributed by atoms with E-state index in [9.17, 15) is 4.79 Å². The van der Waals surface area contributed by atoms with E-state index < -0.39 is 11.2 Å². The molecule has 0 aliphatic carbocycles. The lowest BCUT2D eigenvalue weighted by atomic mass is 10.3. The zero-order chi connectivity index (χ0) is 12.7. The number of thioether (sulfide) groups is 1. The fourth-order valence-electron chi connectivity index (χ4n) is 1.23. The van der Waals surface area contributed by atoms with Crippen molar-refractivity contribution in [2.24, 2.45) is 0 Å². The fourth-order valence-corrected chi connectivity index (χ4v) is 2.13. The molecule has 0 saturated carbocycles. The Bertz CT molecular complexity index is 371. The van der Waals surface area contributed by atoms with E-state index in [0.29, 0.717) is 23.8 Å². The van der Waals surface area contributed by atoms with Gasteiger partial charge < -0.3 is 9.84 Å². The second-order valence-corrected chi connectivity index (χ2v) is 4.70. The van der Waals surface area contributed by atoms with Crippen molar-refractivity contribution in [3.63, 3.8) is 0 Å². The van der Waals surface area contributed by atoms with Gasteiger partial charge in [0.1, 0.15) is 10.3 Å². The molecule has 1 aromatic rings. The molecule has 5 heteroatoms. The number of hydrogen-bond donors (Lipinski definition) is 1. The molecule has 0 amide bonds. The van der Waals surface area contributed by atoms with Crippen LogP contribution in [0.2, 0.25) is 0 Å². The van der Waals surface area contributed by atoms with Crippen LogP contribution in [0.15, 0.2) is 23.4 Å². The summed E-state index contributed by atoms with van der Waals surface area (Å²) >= 11 is 1.24. The number of rotatable bonds is 7. The Morgan fingerprint density at radius 3 is 2.94 bits per heavy atom. The van der Waals surface area contributed by atoms with Gasteiger partial charge in [-0.2, -0.15) is 0 Å². The maximum Gasteiger partial charge on any atom is 0.317 e. The van der Waals surface area contributed by atoms with Crippen LogP contribution in [0.3, 0.4) is 0 Å². The number of nitrogens with zero attached hydrogens (tertiary/aromatic N) is 1. The third-order valence-electron chi connectivity index (χ3n) is 2.10. The quantitative estimate of drug-likeness (QED) is 0.759. The molecule has 4 nitrogen and oxygen atoms in total. The van der Waals surface area contributed by atoms with Crippen molar-refractivity contribution < 1.29 is 14.6 Å². The number of ether oxygens (including phenoxy) is 1. The van der Waals surface area contributed by atoms with E-state index in [1.807, 2.05) is 19.9 Å². The molecule has 0 bridgehead atoms. The molecule has 17 heavy (non-hydrogen) atoms. The number of hydrogen-bond acceptors (Lipinski definition) is 4. The topological polar surface area (TPSA) is 59.4 Å². The first-order valence-electron chi connectivity index (χ1n) is 5.66. The Kier molecular flexibility index (Phi) is 5.83. The van der Waals surface area contributed by atoms with Crippen LogP contribution in [0, 0.1) is 0 Å². The maximum atomic E-state index is 11.0. The molecule has 0 aromatic carbocycles. The number of aromatic nitrogens is 1. The lowest BCUT2D eigenvalue weighted by Crippen LogP contribution is -2.15. The molecule has 1 rings (SSSR count). The Morgan fingerprint density at radius 1 is 1.59 bits per heavy atom. The molecule has 0 aliphatic heterocycles. The van der Waals surface area contributed by atoms with E-state index in [4.69, 9.17) is 9.84 Å². The van der Waals surface area contributed by atoms with Crippen LogP contribution >= 0.6 is 11.8 Å². The standard InChI is InChI=1S/C12H17NO3S/c1-3-8-16-9-6-5-7-13-11(9)17-10(4-2)12(14)15/h5-7,10H,3-4,8H2,1-2H3,(H,14,15). The molecular weight excluding hydrogens is 238 g/mol. The highest BCUT2D eigenvalue weighted by Gasteiger charge is 2.19. The summed E-state index contributed by atoms with van der Waals surface area (Å²) in [7, 11) is 0. The highest BCUT2D eigenvalue weighted by Crippen LogP contribution is 2.31. The molecule has 1 unspecified atom stereocenters. The van der Waals surface area contributed by atoms with Gasteiger partial charge in [-0.1, -0.05) is 25.6 Å². The highest BCUT2D eigenvalue weighted by atomic mass is 32.2. The van der Waals surface area contributed by atoms with Gasteiger partial charge in [-0.3, -0.25) is 4.79 Å². The van der Waals surface area contributed by atoms with Gasteiger partial charge in [-0.15, -0.1) is 0 Å². The molecule has 1 aromatic heterocycles. The van der Waals surface area contributed by atoms with Gasteiger partial charge in [0, 0.05) is 6.20 Å². The average molecular weight is 255 g/mol. The minimum Gasteiger partial charge on any atom is -0.491 e. The van der Waals surface area contributed by atoms with Crippen LogP contribution in [0.4, 0.5) is 0 Å². The van der Waals surface area contributed by atoms with Gasteiger partial charge in [-0.25, -0.2) is 4.98 Å². The van der Waals surface area contributed by atoms with E-state index in [2.05, 4.69) is 4.98 Å². The van der Waals surface area contributed by atoms with Crippen molar-refractivity contribution >= 4 is 17.7 Å². The van der Waals surface area contributed by atoms with Gasteiger partial charge >= 0.3 is 5.97 Å². The van der Waals surface area contributed by atoms with Gasteiger partial charge in [-0.05, 0) is 25.0 Å². The van der Waals surface area contributed by atoms with E-state index in [0.717, 1.165) is 6.42 Å². The summed E-state index contributed by atoms with van der Waals surface area (Å²) in [6.45, 7) is 4.49. The highest BCUT2D eigenvalue weighted by molar-refractivity contribution is 8.00. The number of pyridine rings is 1. The SMILES string of the molecule is CCCOc1cccnc1SC(CC)C(=O)O. The lowest BCUT2D eigenvalue weighted by Gasteiger charge is -2.12. The molecule has 1 heterocycles. The van der Waals surface area contributed by atoms with Gasteiger partial charge in [0.15, 0.2) is 5.75 Å². The van der Waals surface area contributed by atoms with Crippen LogP contribution in [0.5, 0.6) is 5.75 Å². The van der Waals surface area contributed by atoms with Crippen molar-refractivity contribution in [2.45, 2.75) is 37.0 Å². The van der Waals surface area contributed by atoms with Crippen molar-refractivity contribution in [1.82, 2.24) is 4.98 Å². The number of carboxylic acids is 1. The molecule has 0 saturated heterocycles. The third-order valence-corrected chi connectivity index (χ3v) is 3.45. The molecule has 0 fully saturated rings. The molecule has 1 atom stereocenters. The van der Waals surface area contributed by atoms with Gasteiger partial charge in [0.2, 0.25) is 0 Å². The largest absolute Gasteiger partial charge is 0.491 e. The lowest BCUT2D eigenvalue weighted by molar-refractivity contribution is -0.136. The van der Waals surface area contributed by atoms with E-state index in [1.54, 1.807) is 12.3 Å². The predicted molar refractivity (Wildman–Crippen MR) is 67.6 cm³/mol. The monoisotopic (exact) mass is 255 g/mol. The summed E-state index contributed by atoms with van der Waals surface area (Å²) in [5.41, 5.74) is 0. The Labute approximate surface area is 105 Å². The number of carboxylic acid groups (broad SMARTS) is 1. The second-order valence-electron chi connectivity index (χ2n) is 3.51. The van der Waals surface area contributed by atoms with Crippen molar-refractivity contribution in [3.8, 4) is 5.75 Å². The van der Waals surface area contributed by atoms with Crippen LogP contribution < -0.4 is 4.74 Å².